The quantitative estimate of drug-likeness (QED) is 0.642. The summed E-state index contributed by atoms with van der Waals surface area (Å²) in [6.45, 7) is 1.98. The number of carbonyl (C=O) groups excluding carboxylic acids is 1. The van der Waals surface area contributed by atoms with Gasteiger partial charge in [0.1, 0.15) is 11.6 Å². The van der Waals surface area contributed by atoms with E-state index in [2.05, 4.69) is 5.32 Å². The molecule has 0 spiro atoms. The highest BCUT2D eigenvalue weighted by Gasteiger charge is 2.29. The molecule has 0 radical (unpaired) electrons. The Balaban J connectivity index is 2.36. The van der Waals surface area contributed by atoms with Crippen molar-refractivity contribution in [3.63, 3.8) is 0 Å². The van der Waals surface area contributed by atoms with Crippen molar-refractivity contribution in [2.75, 3.05) is 20.3 Å². The number of carboxylic acids is 1. The number of amides is 1. The summed E-state index contributed by atoms with van der Waals surface area (Å²) < 4.78 is 23.3. The Kier molecular flexibility index (Phi) is 7.47. The van der Waals surface area contributed by atoms with Crippen LogP contribution < -0.4 is 10.1 Å². The summed E-state index contributed by atoms with van der Waals surface area (Å²) in [6, 6.07) is 5.76. The van der Waals surface area contributed by atoms with Gasteiger partial charge in [-0.05, 0) is 25.5 Å². The van der Waals surface area contributed by atoms with Crippen LogP contribution in [0.5, 0.6) is 5.75 Å². The Bertz CT molecular complexity index is 537. The number of aliphatic carboxylic acids is 1. The van der Waals surface area contributed by atoms with Gasteiger partial charge in [-0.1, -0.05) is 6.07 Å². The molecule has 7 heteroatoms. The van der Waals surface area contributed by atoms with Crippen LogP contribution in [0.3, 0.4) is 0 Å². The first-order valence-corrected chi connectivity index (χ1v) is 7.25. The second-order valence-corrected chi connectivity index (χ2v) is 5.52. The second-order valence-electron chi connectivity index (χ2n) is 5.52. The van der Waals surface area contributed by atoms with E-state index in [4.69, 9.17) is 14.6 Å². The number of carbonyl (C=O) groups is 2. The summed E-state index contributed by atoms with van der Waals surface area (Å²) in [5, 5.41) is 11.6. The Hall–Kier alpha value is -2.15. The van der Waals surface area contributed by atoms with Gasteiger partial charge in [-0.2, -0.15) is 0 Å². The summed E-state index contributed by atoms with van der Waals surface area (Å²) in [7, 11) is 1.44. The molecule has 0 saturated carbocycles. The molecular weight excluding hydrogens is 305 g/mol. The van der Waals surface area contributed by atoms with E-state index in [1.807, 2.05) is 0 Å². The SMILES string of the molecule is COCC(C)(CC(=O)O)NC(=O)CCCOc1cccc(F)c1. The summed E-state index contributed by atoms with van der Waals surface area (Å²) in [4.78, 5) is 22.8. The van der Waals surface area contributed by atoms with Gasteiger partial charge in [-0.3, -0.25) is 9.59 Å². The average Bonchev–Trinajstić information content (AvgIpc) is 2.42. The van der Waals surface area contributed by atoms with Crippen molar-refractivity contribution in [3.05, 3.63) is 30.1 Å². The fourth-order valence-electron chi connectivity index (χ4n) is 2.16. The number of methoxy groups -OCH3 is 1. The molecule has 1 aromatic carbocycles. The van der Waals surface area contributed by atoms with Crippen LogP contribution in [0, 0.1) is 5.82 Å². The van der Waals surface area contributed by atoms with Crippen LogP contribution in [0.4, 0.5) is 4.39 Å². The lowest BCUT2D eigenvalue weighted by atomic mass is 9.98. The van der Waals surface area contributed by atoms with Crippen LogP contribution in [0.2, 0.25) is 0 Å². The van der Waals surface area contributed by atoms with Crippen molar-refractivity contribution in [2.24, 2.45) is 0 Å². The fourth-order valence-corrected chi connectivity index (χ4v) is 2.16. The van der Waals surface area contributed by atoms with Gasteiger partial charge in [-0.25, -0.2) is 4.39 Å². The predicted octanol–water partition coefficient (Wildman–Crippen LogP) is 1.98. The van der Waals surface area contributed by atoms with Crippen molar-refractivity contribution in [3.8, 4) is 5.75 Å². The van der Waals surface area contributed by atoms with Crippen molar-refractivity contribution < 1.29 is 28.6 Å². The van der Waals surface area contributed by atoms with Crippen LogP contribution >= 0.6 is 0 Å². The average molecular weight is 327 g/mol. The highest BCUT2D eigenvalue weighted by molar-refractivity contribution is 5.78. The number of carboxylic acid groups (broad SMARTS) is 1. The molecule has 1 amide bonds. The molecule has 1 atom stereocenters. The van der Waals surface area contributed by atoms with Gasteiger partial charge >= 0.3 is 5.97 Å². The summed E-state index contributed by atoms with van der Waals surface area (Å²) in [5.41, 5.74) is -0.957. The van der Waals surface area contributed by atoms with Crippen LogP contribution in [0.15, 0.2) is 24.3 Å². The van der Waals surface area contributed by atoms with Gasteiger partial charge in [0, 0.05) is 19.6 Å². The first-order valence-electron chi connectivity index (χ1n) is 7.25. The zero-order valence-corrected chi connectivity index (χ0v) is 13.3. The van der Waals surface area contributed by atoms with Gasteiger partial charge in [0.15, 0.2) is 0 Å². The molecule has 0 heterocycles. The monoisotopic (exact) mass is 327 g/mol. The zero-order valence-electron chi connectivity index (χ0n) is 13.3. The maximum Gasteiger partial charge on any atom is 0.305 e. The third-order valence-electron chi connectivity index (χ3n) is 3.06. The molecule has 1 aromatic rings. The van der Waals surface area contributed by atoms with Crippen molar-refractivity contribution in [1.82, 2.24) is 5.32 Å². The number of halogens is 1. The molecule has 0 aliphatic carbocycles. The molecule has 0 bridgehead atoms. The maximum atomic E-state index is 13.0. The van der Waals surface area contributed by atoms with Crippen LogP contribution in [0.1, 0.15) is 26.2 Å². The minimum Gasteiger partial charge on any atom is -0.493 e. The van der Waals surface area contributed by atoms with Gasteiger partial charge in [0.25, 0.3) is 0 Å². The molecule has 0 fully saturated rings. The van der Waals surface area contributed by atoms with E-state index in [9.17, 15) is 14.0 Å². The van der Waals surface area contributed by atoms with Gasteiger partial charge in [0.05, 0.1) is 25.2 Å². The molecule has 0 aliphatic heterocycles. The van der Waals surface area contributed by atoms with Crippen molar-refractivity contribution in [2.45, 2.75) is 31.7 Å². The van der Waals surface area contributed by atoms with E-state index >= 15 is 0 Å². The molecule has 0 aromatic heterocycles. The Morgan fingerprint density at radius 2 is 2.13 bits per heavy atom. The third kappa shape index (κ3) is 7.60. The standard InChI is InChI=1S/C16H22FNO5/c1-16(11-22-2,10-15(20)21)18-14(19)7-4-8-23-13-6-3-5-12(17)9-13/h3,5-6,9H,4,7-8,10-11H2,1-2H3,(H,18,19)(H,20,21). The highest BCUT2D eigenvalue weighted by Crippen LogP contribution is 2.13. The normalized spacial score (nSPS) is 13.2. The number of rotatable bonds is 10. The van der Waals surface area contributed by atoms with E-state index in [0.717, 1.165) is 0 Å². The van der Waals surface area contributed by atoms with Gasteiger partial charge < -0.3 is 19.9 Å². The summed E-state index contributed by atoms with van der Waals surface area (Å²) in [5.74, 6) is -1.28. The number of benzene rings is 1. The van der Waals surface area contributed by atoms with Crippen LogP contribution in [-0.4, -0.2) is 42.8 Å². The van der Waals surface area contributed by atoms with E-state index in [1.54, 1.807) is 19.1 Å². The number of nitrogens with one attached hydrogen (secondary N) is 1. The lowest BCUT2D eigenvalue weighted by molar-refractivity contribution is -0.139. The molecule has 6 nitrogen and oxygen atoms in total. The lowest BCUT2D eigenvalue weighted by Crippen LogP contribution is -2.50. The molecule has 1 unspecified atom stereocenters. The number of hydrogen-bond donors (Lipinski definition) is 2. The number of hydrogen-bond acceptors (Lipinski definition) is 4. The van der Waals surface area contributed by atoms with E-state index in [1.165, 1.54) is 19.2 Å². The second kappa shape index (κ2) is 9.09. The molecule has 23 heavy (non-hydrogen) atoms. The fraction of sp³-hybridized carbons (Fsp3) is 0.500. The summed E-state index contributed by atoms with van der Waals surface area (Å²) >= 11 is 0. The first kappa shape index (κ1) is 18.9. The largest absolute Gasteiger partial charge is 0.493 e. The number of ether oxygens (including phenoxy) is 2. The maximum absolute atomic E-state index is 13.0. The lowest BCUT2D eigenvalue weighted by Gasteiger charge is -2.28. The van der Waals surface area contributed by atoms with E-state index in [0.29, 0.717) is 12.2 Å². The minimum atomic E-state index is -1.01. The summed E-state index contributed by atoms with van der Waals surface area (Å²) in [6.07, 6.45) is 0.374. The molecule has 0 saturated heterocycles. The molecular formula is C16H22FNO5. The Morgan fingerprint density at radius 3 is 2.74 bits per heavy atom. The van der Waals surface area contributed by atoms with E-state index in [-0.39, 0.29) is 37.8 Å². The Morgan fingerprint density at radius 1 is 1.39 bits per heavy atom. The van der Waals surface area contributed by atoms with Gasteiger partial charge in [0.2, 0.25) is 5.91 Å². The van der Waals surface area contributed by atoms with Crippen molar-refractivity contribution >= 4 is 11.9 Å². The van der Waals surface area contributed by atoms with E-state index < -0.39 is 11.5 Å². The van der Waals surface area contributed by atoms with Crippen LogP contribution in [-0.2, 0) is 14.3 Å². The zero-order chi connectivity index (χ0) is 17.3. The van der Waals surface area contributed by atoms with Crippen LogP contribution in [0.25, 0.3) is 0 Å². The third-order valence-corrected chi connectivity index (χ3v) is 3.06. The topological polar surface area (TPSA) is 84.9 Å². The predicted molar refractivity (Wildman–Crippen MR) is 81.8 cm³/mol. The molecule has 128 valence electrons. The molecule has 2 N–H and O–H groups in total. The molecule has 0 aliphatic rings. The Labute approximate surface area is 134 Å². The highest BCUT2D eigenvalue weighted by atomic mass is 19.1. The minimum absolute atomic E-state index is 0.102. The first-order chi connectivity index (χ1) is 10.8. The van der Waals surface area contributed by atoms with Gasteiger partial charge in [-0.15, -0.1) is 0 Å². The molecule has 1 rings (SSSR count). The smallest absolute Gasteiger partial charge is 0.305 e. The van der Waals surface area contributed by atoms with Crippen molar-refractivity contribution in [1.29, 1.82) is 0 Å².